The van der Waals surface area contributed by atoms with Crippen molar-refractivity contribution in [2.45, 2.75) is 39.7 Å². The Balaban J connectivity index is 1.53. The van der Waals surface area contributed by atoms with Gasteiger partial charge >= 0.3 is 0 Å². The number of para-hydroxylation sites is 2. The maximum Gasteiger partial charge on any atom is 0.109 e. The van der Waals surface area contributed by atoms with Crippen LogP contribution in [0, 0.1) is 6.92 Å². The number of fused-ring (bicyclic) bond motifs is 1. The Labute approximate surface area is 138 Å². The number of hydrogen-bond acceptors (Lipinski definition) is 2. The van der Waals surface area contributed by atoms with Gasteiger partial charge in [-0.2, -0.15) is 0 Å². The van der Waals surface area contributed by atoms with Gasteiger partial charge in [0.25, 0.3) is 0 Å². The zero-order chi connectivity index (χ0) is 16.1. The molecule has 1 heterocycles. The highest BCUT2D eigenvalue weighted by Gasteiger charge is 2.07. The van der Waals surface area contributed by atoms with E-state index in [2.05, 4.69) is 72.3 Å². The van der Waals surface area contributed by atoms with Crippen molar-refractivity contribution in [2.24, 2.45) is 0 Å². The third kappa shape index (κ3) is 3.73. The molecule has 3 aromatic rings. The molecule has 23 heavy (non-hydrogen) atoms. The highest BCUT2D eigenvalue weighted by molar-refractivity contribution is 5.75. The minimum absolute atomic E-state index is 0.982. The molecule has 120 valence electrons. The molecule has 0 radical (unpaired) electrons. The maximum absolute atomic E-state index is 4.73. The van der Waals surface area contributed by atoms with E-state index in [4.69, 9.17) is 4.98 Å². The van der Waals surface area contributed by atoms with Crippen LogP contribution in [0.2, 0.25) is 0 Å². The van der Waals surface area contributed by atoms with E-state index in [1.165, 1.54) is 22.6 Å². The van der Waals surface area contributed by atoms with Gasteiger partial charge in [-0.25, -0.2) is 4.98 Å². The summed E-state index contributed by atoms with van der Waals surface area (Å²) in [5, 5.41) is 3.49. The molecular weight excluding hydrogens is 282 g/mol. The van der Waals surface area contributed by atoms with E-state index >= 15 is 0 Å². The molecular formula is C20H25N3. The van der Waals surface area contributed by atoms with E-state index in [0.29, 0.717) is 0 Å². The number of imidazole rings is 1. The maximum atomic E-state index is 4.73. The zero-order valence-corrected chi connectivity index (χ0v) is 14.0. The first kappa shape index (κ1) is 15.6. The Morgan fingerprint density at radius 2 is 1.78 bits per heavy atom. The molecule has 0 saturated heterocycles. The van der Waals surface area contributed by atoms with Gasteiger partial charge in [0, 0.05) is 25.2 Å². The summed E-state index contributed by atoms with van der Waals surface area (Å²) in [7, 11) is 0. The third-order valence-corrected chi connectivity index (χ3v) is 4.24. The van der Waals surface area contributed by atoms with Crippen LogP contribution in [0.4, 0.5) is 5.69 Å². The van der Waals surface area contributed by atoms with Crippen LogP contribution in [0.5, 0.6) is 0 Å². The van der Waals surface area contributed by atoms with Crippen molar-refractivity contribution >= 4 is 16.7 Å². The van der Waals surface area contributed by atoms with Crippen LogP contribution in [0.1, 0.15) is 31.2 Å². The van der Waals surface area contributed by atoms with Crippen molar-refractivity contribution in [3.8, 4) is 0 Å². The van der Waals surface area contributed by atoms with Crippen molar-refractivity contribution in [3.05, 3.63) is 59.9 Å². The second-order valence-electron chi connectivity index (χ2n) is 6.02. The molecule has 0 spiro atoms. The first-order chi connectivity index (χ1) is 11.3. The van der Waals surface area contributed by atoms with E-state index < -0.39 is 0 Å². The Morgan fingerprint density at radius 1 is 1.00 bits per heavy atom. The summed E-state index contributed by atoms with van der Waals surface area (Å²) in [6.45, 7) is 6.34. The highest BCUT2D eigenvalue weighted by atomic mass is 15.1. The van der Waals surface area contributed by atoms with Gasteiger partial charge in [0.05, 0.1) is 11.0 Å². The minimum Gasteiger partial charge on any atom is -0.385 e. The van der Waals surface area contributed by atoms with E-state index in [1.807, 2.05) is 0 Å². The average Bonchev–Trinajstić information content (AvgIpc) is 2.94. The predicted octanol–water partition coefficient (Wildman–Crippen LogP) is 4.80. The number of nitrogens with zero attached hydrogens (tertiary/aromatic N) is 2. The predicted molar refractivity (Wildman–Crippen MR) is 98.0 cm³/mol. The number of nitrogens with one attached hydrogen (secondary N) is 1. The summed E-state index contributed by atoms with van der Waals surface area (Å²) in [4.78, 5) is 4.73. The number of aryl methyl sites for hydroxylation is 3. The van der Waals surface area contributed by atoms with Crippen molar-refractivity contribution < 1.29 is 0 Å². The van der Waals surface area contributed by atoms with Gasteiger partial charge in [0.2, 0.25) is 0 Å². The number of rotatable bonds is 7. The van der Waals surface area contributed by atoms with Gasteiger partial charge in [-0.05, 0) is 44.0 Å². The lowest BCUT2D eigenvalue weighted by molar-refractivity contribution is 0.611. The Morgan fingerprint density at radius 3 is 2.57 bits per heavy atom. The quantitative estimate of drug-likeness (QED) is 0.635. The molecule has 0 bridgehead atoms. The van der Waals surface area contributed by atoms with E-state index in [0.717, 1.165) is 37.9 Å². The lowest BCUT2D eigenvalue weighted by Gasteiger charge is -2.09. The van der Waals surface area contributed by atoms with E-state index in [-0.39, 0.29) is 0 Å². The first-order valence-corrected chi connectivity index (χ1v) is 8.52. The Kier molecular flexibility index (Phi) is 4.96. The number of aromatic nitrogens is 2. The van der Waals surface area contributed by atoms with Crippen molar-refractivity contribution in [2.75, 3.05) is 11.9 Å². The van der Waals surface area contributed by atoms with Gasteiger partial charge in [-0.1, -0.05) is 36.8 Å². The molecule has 3 heteroatoms. The SMILES string of the molecule is CCc1nc2ccccc2n1CCCCNc1ccc(C)cc1. The summed E-state index contributed by atoms with van der Waals surface area (Å²) in [5.41, 5.74) is 4.88. The molecule has 0 aliphatic carbocycles. The molecule has 0 aliphatic heterocycles. The number of anilines is 1. The lowest BCUT2D eigenvalue weighted by Crippen LogP contribution is -2.06. The normalized spacial score (nSPS) is 11.0. The van der Waals surface area contributed by atoms with Gasteiger partial charge < -0.3 is 9.88 Å². The number of unbranched alkanes of at least 4 members (excludes halogenated alkanes) is 1. The molecule has 1 aromatic heterocycles. The van der Waals surface area contributed by atoms with Crippen LogP contribution in [0.3, 0.4) is 0 Å². The van der Waals surface area contributed by atoms with Crippen molar-refractivity contribution in [3.63, 3.8) is 0 Å². The van der Waals surface area contributed by atoms with Crippen molar-refractivity contribution in [1.29, 1.82) is 0 Å². The molecule has 0 amide bonds. The van der Waals surface area contributed by atoms with Crippen LogP contribution >= 0.6 is 0 Å². The molecule has 3 rings (SSSR count). The van der Waals surface area contributed by atoms with Gasteiger partial charge in [-0.3, -0.25) is 0 Å². The summed E-state index contributed by atoms with van der Waals surface area (Å²) in [5.74, 6) is 1.19. The standard InChI is InChI=1S/C20H25N3/c1-3-20-22-18-8-4-5-9-19(18)23(20)15-7-6-14-21-17-12-10-16(2)11-13-17/h4-5,8-13,21H,3,6-7,14-15H2,1-2H3. The van der Waals surface area contributed by atoms with Crippen LogP contribution in [-0.4, -0.2) is 16.1 Å². The first-order valence-electron chi connectivity index (χ1n) is 8.52. The molecule has 0 aliphatic rings. The molecule has 0 atom stereocenters. The van der Waals surface area contributed by atoms with Gasteiger partial charge in [0.15, 0.2) is 0 Å². The Hall–Kier alpha value is -2.29. The molecule has 1 N–H and O–H groups in total. The van der Waals surface area contributed by atoms with Crippen LogP contribution in [0.25, 0.3) is 11.0 Å². The van der Waals surface area contributed by atoms with Gasteiger partial charge in [-0.15, -0.1) is 0 Å². The molecule has 0 fully saturated rings. The largest absolute Gasteiger partial charge is 0.385 e. The summed E-state index contributed by atoms with van der Waals surface area (Å²) in [6, 6.07) is 17.0. The second kappa shape index (κ2) is 7.32. The zero-order valence-electron chi connectivity index (χ0n) is 14.0. The van der Waals surface area contributed by atoms with E-state index in [1.54, 1.807) is 0 Å². The third-order valence-electron chi connectivity index (χ3n) is 4.24. The number of hydrogen-bond donors (Lipinski definition) is 1. The second-order valence-corrected chi connectivity index (χ2v) is 6.02. The Bertz CT molecular complexity index is 756. The number of benzene rings is 2. The van der Waals surface area contributed by atoms with Crippen LogP contribution in [-0.2, 0) is 13.0 Å². The fourth-order valence-corrected chi connectivity index (χ4v) is 2.94. The lowest BCUT2D eigenvalue weighted by atomic mass is 10.2. The molecule has 2 aromatic carbocycles. The topological polar surface area (TPSA) is 29.9 Å². The molecule has 0 unspecified atom stereocenters. The molecule has 3 nitrogen and oxygen atoms in total. The summed E-state index contributed by atoms with van der Waals surface area (Å²) in [6.07, 6.45) is 3.30. The summed E-state index contributed by atoms with van der Waals surface area (Å²) < 4.78 is 2.38. The molecule has 0 saturated carbocycles. The van der Waals surface area contributed by atoms with Crippen molar-refractivity contribution in [1.82, 2.24) is 9.55 Å². The monoisotopic (exact) mass is 307 g/mol. The van der Waals surface area contributed by atoms with Crippen LogP contribution < -0.4 is 5.32 Å². The minimum atomic E-state index is 0.982. The van der Waals surface area contributed by atoms with Crippen LogP contribution in [0.15, 0.2) is 48.5 Å². The van der Waals surface area contributed by atoms with Gasteiger partial charge in [0.1, 0.15) is 5.82 Å². The smallest absolute Gasteiger partial charge is 0.109 e. The summed E-state index contributed by atoms with van der Waals surface area (Å²) >= 11 is 0. The van der Waals surface area contributed by atoms with E-state index in [9.17, 15) is 0 Å². The fraction of sp³-hybridized carbons (Fsp3) is 0.350. The highest BCUT2D eigenvalue weighted by Crippen LogP contribution is 2.17. The average molecular weight is 307 g/mol. The fourth-order valence-electron chi connectivity index (χ4n) is 2.94.